The lowest BCUT2D eigenvalue weighted by Crippen LogP contribution is -2.40. The molecule has 0 aromatic rings. The summed E-state index contributed by atoms with van der Waals surface area (Å²) in [6, 6.07) is 0.220. The molecular weight excluding hydrogens is 190 g/mol. The molecular formula is C9H18BF3N-. The minimum atomic E-state index is -4.65. The van der Waals surface area contributed by atoms with Gasteiger partial charge in [-0.3, -0.25) is 0 Å². The van der Waals surface area contributed by atoms with E-state index in [4.69, 9.17) is 0 Å². The van der Waals surface area contributed by atoms with E-state index in [9.17, 15) is 12.9 Å². The molecule has 0 aliphatic heterocycles. The second-order valence-electron chi connectivity index (χ2n) is 4.62. The molecule has 1 fully saturated rings. The van der Waals surface area contributed by atoms with Gasteiger partial charge in [0.05, 0.1) is 0 Å². The summed E-state index contributed by atoms with van der Waals surface area (Å²) >= 11 is 0. The SMILES string of the molecule is CC(C)CCN(C[B-](F)(F)F)C1CC1. The highest BCUT2D eigenvalue weighted by Gasteiger charge is 2.34. The fourth-order valence-electron chi connectivity index (χ4n) is 1.55. The van der Waals surface area contributed by atoms with Gasteiger partial charge in [-0.05, 0) is 38.2 Å². The van der Waals surface area contributed by atoms with Crippen LogP contribution < -0.4 is 0 Å². The Balaban J connectivity index is 2.32. The quantitative estimate of drug-likeness (QED) is 0.606. The number of hydrogen-bond donors (Lipinski definition) is 0. The summed E-state index contributed by atoms with van der Waals surface area (Å²) in [6.07, 6.45) is 2.09. The summed E-state index contributed by atoms with van der Waals surface area (Å²) in [5, 5.41) is 0. The van der Waals surface area contributed by atoms with Gasteiger partial charge in [-0.2, -0.15) is 0 Å². The Morgan fingerprint density at radius 3 is 2.21 bits per heavy atom. The lowest BCUT2D eigenvalue weighted by molar-refractivity contribution is 0.254. The Labute approximate surface area is 83.7 Å². The molecule has 0 aromatic carbocycles. The van der Waals surface area contributed by atoms with Crippen LogP contribution in [0, 0.1) is 5.92 Å². The van der Waals surface area contributed by atoms with E-state index >= 15 is 0 Å². The molecule has 0 atom stereocenters. The summed E-state index contributed by atoms with van der Waals surface area (Å²) in [4.78, 5) is 1.61. The Morgan fingerprint density at radius 2 is 1.86 bits per heavy atom. The van der Waals surface area contributed by atoms with Gasteiger partial charge in [-0.25, -0.2) is 0 Å². The van der Waals surface area contributed by atoms with E-state index in [1.54, 1.807) is 4.90 Å². The Morgan fingerprint density at radius 1 is 1.29 bits per heavy atom. The molecule has 0 heterocycles. The largest absolute Gasteiger partial charge is 0.492 e. The maximum absolute atomic E-state index is 12.2. The predicted molar refractivity (Wildman–Crippen MR) is 53.1 cm³/mol. The van der Waals surface area contributed by atoms with Crippen molar-refractivity contribution in [1.29, 1.82) is 0 Å². The third-order valence-electron chi connectivity index (χ3n) is 2.50. The molecule has 0 unspecified atom stereocenters. The van der Waals surface area contributed by atoms with Crippen LogP contribution in [0.3, 0.4) is 0 Å². The van der Waals surface area contributed by atoms with Crippen LogP contribution in [0.25, 0.3) is 0 Å². The maximum atomic E-state index is 12.2. The van der Waals surface area contributed by atoms with Crippen molar-refractivity contribution >= 4 is 6.98 Å². The van der Waals surface area contributed by atoms with E-state index in [-0.39, 0.29) is 6.04 Å². The van der Waals surface area contributed by atoms with Crippen molar-refractivity contribution in [2.75, 3.05) is 13.0 Å². The molecule has 84 valence electrons. The lowest BCUT2D eigenvalue weighted by Gasteiger charge is -2.28. The Hall–Kier alpha value is -0.185. The maximum Gasteiger partial charge on any atom is 0.492 e. The number of hydrogen-bond acceptors (Lipinski definition) is 1. The minimum absolute atomic E-state index is 0.220. The third kappa shape index (κ3) is 4.89. The van der Waals surface area contributed by atoms with Gasteiger partial charge in [-0.1, -0.05) is 13.8 Å². The minimum Gasteiger partial charge on any atom is -0.448 e. The number of rotatable bonds is 6. The molecule has 0 radical (unpaired) electrons. The molecule has 0 amide bonds. The molecule has 0 spiro atoms. The van der Waals surface area contributed by atoms with Crippen LogP contribution in [-0.2, 0) is 0 Å². The standard InChI is InChI=1S/C9H18BF3N/c1-8(2)5-6-14(9-3-4-9)7-10(11,12)13/h8-9H,3-7H2,1-2H3/q-1. The van der Waals surface area contributed by atoms with Gasteiger partial charge < -0.3 is 17.8 Å². The first kappa shape index (κ1) is 11.9. The van der Waals surface area contributed by atoms with Crippen molar-refractivity contribution < 1.29 is 12.9 Å². The average Bonchev–Trinajstić information content (AvgIpc) is 2.77. The fourth-order valence-corrected chi connectivity index (χ4v) is 1.55. The molecule has 1 aliphatic rings. The first-order valence-corrected chi connectivity index (χ1v) is 5.33. The van der Waals surface area contributed by atoms with Crippen LogP contribution in [-0.4, -0.2) is 30.9 Å². The summed E-state index contributed by atoms with van der Waals surface area (Å²) in [5.74, 6) is 0.483. The molecule has 0 saturated heterocycles. The van der Waals surface area contributed by atoms with Gasteiger partial charge in [0.1, 0.15) is 0 Å². The molecule has 0 N–H and O–H groups in total. The van der Waals surface area contributed by atoms with Gasteiger partial charge in [0.25, 0.3) is 0 Å². The van der Waals surface area contributed by atoms with Gasteiger partial charge in [0, 0.05) is 6.04 Å². The van der Waals surface area contributed by atoms with E-state index < -0.39 is 13.4 Å². The van der Waals surface area contributed by atoms with E-state index in [0.29, 0.717) is 12.5 Å². The first-order chi connectivity index (χ1) is 6.38. The fraction of sp³-hybridized carbons (Fsp3) is 1.00. The topological polar surface area (TPSA) is 3.24 Å². The second kappa shape index (κ2) is 4.56. The zero-order valence-corrected chi connectivity index (χ0v) is 8.85. The Kier molecular flexibility index (Phi) is 3.87. The number of halogens is 3. The van der Waals surface area contributed by atoms with Crippen LogP contribution >= 0.6 is 0 Å². The van der Waals surface area contributed by atoms with Crippen LogP contribution in [0.5, 0.6) is 0 Å². The van der Waals surface area contributed by atoms with Crippen molar-refractivity contribution in [3.63, 3.8) is 0 Å². The van der Waals surface area contributed by atoms with Crippen molar-refractivity contribution in [2.24, 2.45) is 5.92 Å². The molecule has 1 aliphatic carbocycles. The summed E-state index contributed by atoms with van der Waals surface area (Å²) < 4.78 is 36.7. The smallest absolute Gasteiger partial charge is 0.448 e. The molecule has 0 bridgehead atoms. The Bertz CT molecular complexity index is 177. The van der Waals surface area contributed by atoms with Crippen LogP contribution in [0.4, 0.5) is 12.9 Å². The van der Waals surface area contributed by atoms with Crippen LogP contribution in [0.2, 0.25) is 0 Å². The highest BCUT2D eigenvalue weighted by molar-refractivity contribution is 6.58. The van der Waals surface area contributed by atoms with Gasteiger partial charge in [0.15, 0.2) is 0 Å². The zero-order chi connectivity index (χ0) is 10.8. The van der Waals surface area contributed by atoms with E-state index in [1.165, 1.54) is 0 Å². The van der Waals surface area contributed by atoms with Crippen LogP contribution in [0.1, 0.15) is 33.1 Å². The molecule has 14 heavy (non-hydrogen) atoms. The van der Waals surface area contributed by atoms with Gasteiger partial charge in [0.2, 0.25) is 0 Å². The van der Waals surface area contributed by atoms with Crippen LogP contribution in [0.15, 0.2) is 0 Å². The summed E-state index contributed by atoms with van der Waals surface area (Å²) in [7, 11) is 0. The number of nitrogens with zero attached hydrogens (tertiary/aromatic N) is 1. The third-order valence-corrected chi connectivity index (χ3v) is 2.50. The highest BCUT2D eigenvalue weighted by Crippen LogP contribution is 2.29. The molecule has 1 nitrogen and oxygen atoms in total. The van der Waals surface area contributed by atoms with Gasteiger partial charge >= 0.3 is 6.98 Å². The molecule has 1 saturated carbocycles. The lowest BCUT2D eigenvalue weighted by atomic mass is 9.90. The second-order valence-corrected chi connectivity index (χ2v) is 4.62. The van der Waals surface area contributed by atoms with E-state index in [0.717, 1.165) is 19.3 Å². The first-order valence-electron chi connectivity index (χ1n) is 5.33. The zero-order valence-electron chi connectivity index (χ0n) is 8.85. The van der Waals surface area contributed by atoms with Gasteiger partial charge in [-0.15, -0.1) is 0 Å². The van der Waals surface area contributed by atoms with Crippen molar-refractivity contribution in [1.82, 2.24) is 4.90 Å². The van der Waals surface area contributed by atoms with E-state index in [2.05, 4.69) is 0 Å². The highest BCUT2D eigenvalue weighted by atomic mass is 19.4. The average molecular weight is 208 g/mol. The summed E-state index contributed by atoms with van der Waals surface area (Å²) in [6.45, 7) is 0.0434. The molecule has 1 rings (SSSR count). The van der Waals surface area contributed by atoms with Crippen molar-refractivity contribution in [3.05, 3.63) is 0 Å². The molecule has 5 heteroatoms. The molecule has 0 aromatic heterocycles. The van der Waals surface area contributed by atoms with Crippen molar-refractivity contribution in [2.45, 2.75) is 39.2 Å². The van der Waals surface area contributed by atoms with Crippen molar-refractivity contribution in [3.8, 4) is 0 Å². The predicted octanol–water partition coefficient (Wildman–Crippen LogP) is 2.88. The van der Waals surface area contributed by atoms with E-state index in [1.807, 2.05) is 13.8 Å². The normalized spacial score (nSPS) is 18.2. The monoisotopic (exact) mass is 208 g/mol. The summed E-state index contributed by atoms with van der Waals surface area (Å²) in [5.41, 5.74) is 0.